The maximum absolute atomic E-state index is 13.1. The molecule has 0 spiro atoms. The summed E-state index contributed by atoms with van der Waals surface area (Å²) in [7, 11) is 1.62. The van der Waals surface area contributed by atoms with Gasteiger partial charge in [0.05, 0.1) is 37.8 Å². The summed E-state index contributed by atoms with van der Waals surface area (Å²) in [5.74, 6) is 2.46. The minimum atomic E-state index is -0.0489. The molecule has 0 aliphatic carbocycles. The van der Waals surface area contributed by atoms with Gasteiger partial charge in [0.1, 0.15) is 24.2 Å². The summed E-state index contributed by atoms with van der Waals surface area (Å²) in [6.45, 7) is 7.48. The Hall–Kier alpha value is -3.49. The average molecular weight is 495 g/mol. The van der Waals surface area contributed by atoms with Gasteiger partial charge in [0.15, 0.2) is 0 Å². The molecule has 2 fully saturated rings. The van der Waals surface area contributed by atoms with Crippen LogP contribution >= 0.6 is 0 Å². The first-order valence-corrected chi connectivity index (χ1v) is 12.7. The first-order valence-electron chi connectivity index (χ1n) is 12.7. The molecular formula is C27H34N4O5. The molecule has 0 N–H and O–H groups in total. The number of likely N-dealkylation sites (tertiary alicyclic amines) is 2. The predicted octanol–water partition coefficient (Wildman–Crippen LogP) is 3.17. The Morgan fingerprint density at radius 3 is 2.56 bits per heavy atom. The van der Waals surface area contributed by atoms with Crippen molar-refractivity contribution in [3.63, 3.8) is 0 Å². The van der Waals surface area contributed by atoms with Gasteiger partial charge in [-0.25, -0.2) is 4.98 Å². The number of ether oxygens (including phenoxy) is 3. The summed E-state index contributed by atoms with van der Waals surface area (Å²) in [6, 6.07) is 7.95. The first-order chi connectivity index (χ1) is 17.4. The van der Waals surface area contributed by atoms with Gasteiger partial charge in [0, 0.05) is 50.5 Å². The molecule has 36 heavy (non-hydrogen) atoms. The van der Waals surface area contributed by atoms with Gasteiger partial charge in [0.25, 0.3) is 0 Å². The van der Waals surface area contributed by atoms with Gasteiger partial charge in [-0.15, -0.1) is 0 Å². The lowest BCUT2D eigenvalue weighted by atomic mass is 9.95. The number of piperidine rings is 1. The molecule has 3 aliphatic rings. The number of carbonyl (C=O) groups is 2. The number of fused-ring (bicyclic) bond motifs is 1. The van der Waals surface area contributed by atoms with E-state index in [9.17, 15) is 9.59 Å². The lowest BCUT2D eigenvalue weighted by Crippen LogP contribution is -2.43. The Balaban J connectivity index is 1.23. The number of amides is 2. The zero-order valence-corrected chi connectivity index (χ0v) is 21.2. The summed E-state index contributed by atoms with van der Waals surface area (Å²) in [5.41, 5.74) is 2.88. The quantitative estimate of drug-likeness (QED) is 0.631. The largest absolute Gasteiger partial charge is 0.490 e. The molecule has 5 rings (SSSR count). The molecule has 192 valence electrons. The van der Waals surface area contributed by atoms with E-state index in [1.54, 1.807) is 14.0 Å². The number of aromatic nitrogens is 1. The Morgan fingerprint density at radius 1 is 1.06 bits per heavy atom. The van der Waals surface area contributed by atoms with E-state index in [-0.39, 0.29) is 23.8 Å². The van der Waals surface area contributed by atoms with E-state index in [0.717, 1.165) is 47.7 Å². The normalized spacial score (nSPS) is 20.1. The number of methoxy groups -OCH3 is 1. The smallest absolute Gasteiger partial charge is 0.225 e. The molecule has 2 amide bonds. The van der Waals surface area contributed by atoms with E-state index >= 15 is 0 Å². The van der Waals surface area contributed by atoms with Crippen molar-refractivity contribution in [3.05, 3.63) is 36.0 Å². The highest BCUT2D eigenvalue weighted by atomic mass is 16.5. The third-order valence-electron chi connectivity index (χ3n) is 7.36. The molecule has 9 nitrogen and oxygen atoms in total. The predicted molar refractivity (Wildman–Crippen MR) is 135 cm³/mol. The third kappa shape index (κ3) is 4.92. The third-order valence-corrected chi connectivity index (χ3v) is 7.36. The summed E-state index contributed by atoms with van der Waals surface area (Å²) in [5, 5.41) is 0. The highest BCUT2D eigenvalue weighted by Crippen LogP contribution is 2.40. The van der Waals surface area contributed by atoms with Crippen molar-refractivity contribution in [3.8, 4) is 17.4 Å². The van der Waals surface area contributed by atoms with Crippen LogP contribution in [0.1, 0.15) is 31.7 Å². The monoisotopic (exact) mass is 494 g/mol. The summed E-state index contributed by atoms with van der Waals surface area (Å²) in [6.07, 6.45) is 4.04. The lowest BCUT2D eigenvalue weighted by molar-refractivity contribution is -0.139. The van der Waals surface area contributed by atoms with E-state index in [1.807, 2.05) is 41.1 Å². The second kappa shape index (κ2) is 10.2. The maximum atomic E-state index is 13.1. The molecule has 2 aromatic rings. The van der Waals surface area contributed by atoms with Crippen molar-refractivity contribution in [2.45, 2.75) is 39.2 Å². The number of carbonyl (C=O) groups excluding carboxylic acids is 2. The number of rotatable bonds is 5. The summed E-state index contributed by atoms with van der Waals surface area (Å²) < 4.78 is 17.5. The number of nitrogens with zero attached hydrogens (tertiary/aromatic N) is 4. The minimum Gasteiger partial charge on any atom is -0.490 e. The van der Waals surface area contributed by atoms with Crippen LogP contribution in [-0.2, 0) is 9.59 Å². The van der Waals surface area contributed by atoms with Gasteiger partial charge in [-0.05, 0) is 38.0 Å². The highest BCUT2D eigenvalue weighted by molar-refractivity contribution is 5.80. The molecule has 0 bridgehead atoms. The van der Waals surface area contributed by atoms with Crippen molar-refractivity contribution in [2.75, 3.05) is 51.3 Å². The van der Waals surface area contributed by atoms with Crippen molar-refractivity contribution < 1.29 is 23.8 Å². The van der Waals surface area contributed by atoms with E-state index in [1.165, 1.54) is 0 Å². The highest BCUT2D eigenvalue weighted by Gasteiger charge is 2.34. The number of aryl methyl sites for hydroxylation is 1. The van der Waals surface area contributed by atoms with Crippen LogP contribution in [0.25, 0.3) is 0 Å². The van der Waals surface area contributed by atoms with Crippen molar-refractivity contribution in [1.82, 2.24) is 14.8 Å². The molecule has 3 aliphatic heterocycles. The number of benzene rings is 1. The Labute approximate surface area is 211 Å². The van der Waals surface area contributed by atoms with Crippen LogP contribution in [0.5, 0.6) is 17.4 Å². The molecule has 0 radical (unpaired) electrons. The lowest BCUT2D eigenvalue weighted by Gasteiger charge is -2.32. The van der Waals surface area contributed by atoms with Crippen molar-refractivity contribution in [2.24, 2.45) is 5.92 Å². The van der Waals surface area contributed by atoms with Crippen LogP contribution in [0.4, 0.5) is 11.4 Å². The fourth-order valence-electron chi connectivity index (χ4n) is 5.36. The first kappa shape index (κ1) is 24.2. The van der Waals surface area contributed by atoms with Crippen LogP contribution in [0, 0.1) is 12.8 Å². The van der Waals surface area contributed by atoms with Gasteiger partial charge >= 0.3 is 0 Å². The second-order valence-electron chi connectivity index (χ2n) is 9.74. The zero-order valence-electron chi connectivity index (χ0n) is 21.2. The fraction of sp³-hybridized carbons (Fsp3) is 0.519. The van der Waals surface area contributed by atoms with E-state index in [2.05, 4.69) is 16.0 Å². The van der Waals surface area contributed by atoms with E-state index in [0.29, 0.717) is 45.2 Å². The SMILES string of the molecule is COc1ncc(N2CCOc3ccc(OC4CCN(C(=O)C5CCN(C(C)=O)CC5)C4)cc32)cc1C. The molecule has 4 heterocycles. The maximum Gasteiger partial charge on any atom is 0.225 e. The van der Waals surface area contributed by atoms with Gasteiger partial charge in [-0.2, -0.15) is 0 Å². The molecule has 1 unspecified atom stereocenters. The van der Waals surface area contributed by atoms with Crippen LogP contribution in [0.2, 0.25) is 0 Å². The second-order valence-corrected chi connectivity index (χ2v) is 9.74. The van der Waals surface area contributed by atoms with Gasteiger partial charge in [-0.3, -0.25) is 9.59 Å². The van der Waals surface area contributed by atoms with E-state index in [4.69, 9.17) is 14.2 Å². The molecular weight excluding hydrogens is 460 g/mol. The molecule has 1 aromatic heterocycles. The summed E-state index contributed by atoms with van der Waals surface area (Å²) in [4.78, 5) is 35.0. The molecule has 9 heteroatoms. The molecule has 2 saturated heterocycles. The molecule has 0 saturated carbocycles. The average Bonchev–Trinajstić information content (AvgIpc) is 3.36. The minimum absolute atomic E-state index is 0.00429. The van der Waals surface area contributed by atoms with Crippen molar-refractivity contribution >= 4 is 23.2 Å². The summed E-state index contributed by atoms with van der Waals surface area (Å²) >= 11 is 0. The van der Waals surface area contributed by atoms with Crippen molar-refractivity contribution in [1.29, 1.82) is 0 Å². The van der Waals surface area contributed by atoms with Gasteiger partial charge in [0.2, 0.25) is 17.7 Å². The fourth-order valence-corrected chi connectivity index (χ4v) is 5.36. The van der Waals surface area contributed by atoms with Crippen LogP contribution < -0.4 is 19.1 Å². The Bertz CT molecular complexity index is 1130. The number of hydrogen-bond acceptors (Lipinski definition) is 7. The molecule has 1 aromatic carbocycles. The zero-order chi connectivity index (χ0) is 25.2. The Morgan fingerprint density at radius 2 is 1.83 bits per heavy atom. The number of anilines is 2. The molecule has 1 atom stereocenters. The topological polar surface area (TPSA) is 84.4 Å². The van der Waals surface area contributed by atoms with Crippen LogP contribution in [-0.4, -0.2) is 79.1 Å². The Kier molecular flexibility index (Phi) is 6.89. The standard InChI is InChI=1S/C27H34N4O5/c1-18-14-21(16-28-26(18)34-3)31-12-13-35-25-5-4-22(15-24(25)31)36-23-8-11-30(17-23)27(33)20-6-9-29(10-7-20)19(2)32/h4-5,14-16,20,23H,6-13,17H2,1-3H3. The number of pyridine rings is 1. The van der Waals surface area contributed by atoms with Crippen LogP contribution in [0.15, 0.2) is 30.5 Å². The van der Waals surface area contributed by atoms with Gasteiger partial charge in [-0.1, -0.05) is 0 Å². The van der Waals surface area contributed by atoms with E-state index < -0.39 is 0 Å². The number of hydrogen-bond donors (Lipinski definition) is 0. The van der Waals surface area contributed by atoms with Crippen LogP contribution in [0.3, 0.4) is 0 Å². The van der Waals surface area contributed by atoms with Gasteiger partial charge < -0.3 is 28.9 Å².